The molecule has 5 heteroatoms. The summed E-state index contributed by atoms with van der Waals surface area (Å²) in [6.45, 7) is 2.29. The van der Waals surface area contributed by atoms with E-state index in [0.29, 0.717) is 12.4 Å². The average molecular weight is 400 g/mol. The first-order valence-corrected chi connectivity index (χ1v) is 9.64. The molecule has 0 aliphatic heterocycles. The Labute approximate surface area is 176 Å². The third-order valence-electron chi connectivity index (χ3n) is 4.09. The number of hydrazone groups is 1. The van der Waals surface area contributed by atoms with E-state index in [1.54, 1.807) is 18.3 Å². The number of nitrogens with zero attached hydrogens (tertiary/aromatic N) is 1. The minimum atomic E-state index is -0.330. The molecule has 0 aliphatic rings. The van der Waals surface area contributed by atoms with Crippen LogP contribution in [0.3, 0.4) is 0 Å². The van der Waals surface area contributed by atoms with Crippen molar-refractivity contribution in [1.29, 1.82) is 0 Å². The summed E-state index contributed by atoms with van der Waals surface area (Å²) in [6.07, 6.45) is 3.58. The van der Waals surface area contributed by atoms with Crippen LogP contribution in [0.2, 0.25) is 0 Å². The molecule has 0 saturated carbocycles. The van der Waals surface area contributed by atoms with E-state index in [2.05, 4.69) is 10.5 Å². The Morgan fingerprint density at radius 2 is 1.47 bits per heavy atom. The van der Waals surface area contributed by atoms with Crippen LogP contribution in [0.15, 0.2) is 95.6 Å². The number of allylic oxidation sites excluding steroid dienone is 1. The van der Waals surface area contributed by atoms with Crippen molar-refractivity contribution in [3.63, 3.8) is 0 Å². The predicted octanol–water partition coefficient (Wildman–Crippen LogP) is 4.85. The number of rotatable bonds is 9. The van der Waals surface area contributed by atoms with Crippen molar-refractivity contribution in [3.05, 3.63) is 102 Å². The van der Waals surface area contributed by atoms with E-state index in [-0.39, 0.29) is 12.5 Å². The molecule has 1 N–H and O–H groups in total. The van der Waals surface area contributed by atoms with Gasteiger partial charge in [0, 0.05) is 0 Å². The summed E-state index contributed by atoms with van der Waals surface area (Å²) >= 11 is 0. The zero-order valence-corrected chi connectivity index (χ0v) is 16.8. The number of amides is 1. The van der Waals surface area contributed by atoms with Crippen LogP contribution in [0.1, 0.15) is 18.1 Å². The zero-order chi connectivity index (χ0) is 21.0. The zero-order valence-electron chi connectivity index (χ0n) is 16.8. The lowest BCUT2D eigenvalue weighted by Gasteiger charge is -2.08. The van der Waals surface area contributed by atoms with Crippen LogP contribution in [-0.2, 0) is 11.4 Å². The van der Waals surface area contributed by atoms with Gasteiger partial charge < -0.3 is 9.47 Å². The lowest BCUT2D eigenvalue weighted by atomic mass is 10.1. The van der Waals surface area contributed by atoms with E-state index in [1.807, 2.05) is 85.8 Å². The number of benzene rings is 3. The second-order valence-electron chi connectivity index (χ2n) is 6.63. The normalized spacial score (nSPS) is 11.3. The molecular formula is C25H24N2O3. The van der Waals surface area contributed by atoms with Gasteiger partial charge in [0.05, 0.1) is 6.21 Å². The van der Waals surface area contributed by atoms with Crippen LogP contribution < -0.4 is 14.9 Å². The van der Waals surface area contributed by atoms with Gasteiger partial charge in [0.2, 0.25) is 0 Å². The second-order valence-corrected chi connectivity index (χ2v) is 6.63. The standard InChI is InChI=1S/C25H24N2O3/c1-20(16-21-8-4-2-5-9-21)17-26-27-25(28)19-30-24-14-12-23(13-15-24)29-18-22-10-6-3-7-11-22/h2-17H,18-19H2,1H3,(H,27,28)/b20-16-,26-17+. The largest absolute Gasteiger partial charge is 0.489 e. The predicted molar refractivity (Wildman–Crippen MR) is 119 cm³/mol. The highest BCUT2D eigenvalue weighted by Gasteiger charge is 2.02. The molecule has 0 radical (unpaired) electrons. The first-order valence-electron chi connectivity index (χ1n) is 9.64. The Kier molecular flexibility index (Phi) is 7.80. The molecule has 0 unspecified atom stereocenters. The van der Waals surface area contributed by atoms with Gasteiger partial charge in [-0.3, -0.25) is 4.79 Å². The van der Waals surface area contributed by atoms with Gasteiger partial charge >= 0.3 is 0 Å². The molecule has 0 fully saturated rings. The molecule has 3 aromatic carbocycles. The molecule has 0 bridgehead atoms. The molecule has 0 heterocycles. The number of carbonyl (C=O) groups is 1. The summed E-state index contributed by atoms with van der Waals surface area (Å²) in [4.78, 5) is 11.9. The lowest BCUT2D eigenvalue weighted by Crippen LogP contribution is -2.24. The number of ether oxygens (including phenoxy) is 2. The molecule has 0 atom stereocenters. The molecule has 3 aromatic rings. The summed E-state index contributed by atoms with van der Waals surface area (Å²) in [5.74, 6) is 0.991. The van der Waals surface area contributed by atoms with Gasteiger partial charge in [-0.25, -0.2) is 5.43 Å². The maximum absolute atomic E-state index is 11.9. The van der Waals surface area contributed by atoms with E-state index in [0.717, 1.165) is 22.4 Å². The molecule has 152 valence electrons. The van der Waals surface area contributed by atoms with E-state index < -0.39 is 0 Å². The fourth-order valence-corrected chi connectivity index (χ4v) is 2.61. The molecule has 0 aliphatic carbocycles. The van der Waals surface area contributed by atoms with Gasteiger partial charge in [0.1, 0.15) is 18.1 Å². The van der Waals surface area contributed by atoms with Crippen molar-refractivity contribution < 1.29 is 14.3 Å². The molecule has 3 rings (SSSR count). The number of hydrogen-bond donors (Lipinski definition) is 1. The molecule has 0 aromatic heterocycles. The van der Waals surface area contributed by atoms with Gasteiger partial charge in [-0.05, 0) is 47.9 Å². The Morgan fingerprint density at radius 3 is 2.13 bits per heavy atom. The van der Waals surface area contributed by atoms with Crippen molar-refractivity contribution >= 4 is 18.2 Å². The van der Waals surface area contributed by atoms with Gasteiger partial charge in [-0.2, -0.15) is 5.10 Å². The van der Waals surface area contributed by atoms with Crippen LogP contribution in [0, 0.1) is 0 Å². The highest BCUT2D eigenvalue weighted by molar-refractivity contribution is 5.86. The van der Waals surface area contributed by atoms with Crippen LogP contribution in [0.4, 0.5) is 0 Å². The quantitative estimate of drug-likeness (QED) is 0.413. The fourth-order valence-electron chi connectivity index (χ4n) is 2.61. The number of hydrogen-bond acceptors (Lipinski definition) is 4. The van der Waals surface area contributed by atoms with Gasteiger partial charge in [-0.15, -0.1) is 0 Å². The topological polar surface area (TPSA) is 59.9 Å². The van der Waals surface area contributed by atoms with Crippen LogP contribution in [0.5, 0.6) is 11.5 Å². The summed E-state index contributed by atoms with van der Waals surface area (Å²) in [7, 11) is 0. The molecule has 1 amide bonds. The van der Waals surface area contributed by atoms with E-state index >= 15 is 0 Å². The monoisotopic (exact) mass is 400 g/mol. The summed E-state index contributed by atoms with van der Waals surface area (Å²) in [6, 6.07) is 27.0. The maximum atomic E-state index is 11.9. The fraction of sp³-hybridized carbons (Fsp3) is 0.120. The maximum Gasteiger partial charge on any atom is 0.277 e. The smallest absolute Gasteiger partial charge is 0.277 e. The SMILES string of the molecule is CC(=C/c1ccccc1)/C=N/NC(=O)COc1ccc(OCc2ccccc2)cc1. The van der Waals surface area contributed by atoms with Crippen LogP contribution >= 0.6 is 0 Å². The van der Waals surface area contributed by atoms with Crippen LogP contribution in [-0.4, -0.2) is 18.7 Å². The van der Waals surface area contributed by atoms with E-state index in [9.17, 15) is 4.79 Å². The second kappa shape index (κ2) is 11.2. The molecule has 30 heavy (non-hydrogen) atoms. The Morgan fingerprint density at radius 1 is 0.867 bits per heavy atom. The summed E-state index contributed by atoms with van der Waals surface area (Å²) in [5.41, 5.74) is 5.56. The third kappa shape index (κ3) is 7.28. The molecule has 5 nitrogen and oxygen atoms in total. The van der Waals surface area contributed by atoms with Gasteiger partial charge in [-0.1, -0.05) is 66.7 Å². The van der Waals surface area contributed by atoms with E-state index in [1.165, 1.54) is 0 Å². The van der Waals surface area contributed by atoms with Crippen molar-refractivity contribution in [2.24, 2.45) is 5.10 Å². The van der Waals surface area contributed by atoms with Crippen molar-refractivity contribution in [1.82, 2.24) is 5.43 Å². The highest BCUT2D eigenvalue weighted by Crippen LogP contribution is 2.18. The van der Waals surface area contributed by atoms with Gasteiger partial charge in [0.15, 0.2) is 6.61 Å². The number of nitrogens with one attached hydrogen (secondary N) is 1. The van der Waals surface area contributed by atoms with Crippen LogP contribution in [0.25, 0.3) is 6.08 Å². The van der Waals surface area contributed by atoms with Crippen molar-refractivity contribution in [2.75, 3.05) is 6.61 Å². The average Bonchev–Trinajstić information content (AvgIpc) is 2.78. The first-order chi connectivity index (χ1) is 14.7. The number of carbonyl (C=O) groups excluding carboxylic acids is 1. The summed E-state index contributed by atoms with van der Waals surface area (Å²) in [5, 5.41) is 3.95. The minimum Gasteiger partial charge on any atom is -0.489 e. The van der Waals surface area contributed by atoms with E-state index in [4.69, 9.17) is 9.47 Å². The minimum absolute atomic E-state index is 0.122. The molecular weight excluding hydrogens is 376 g/mol. The lowest BCUT2D eigenvalue weighted by molar-refractivity contribution is -0.123. The Bertz CT molecular complexity index is 982. The van der Waals surface area contributed by atoms with Crippen molar-refractivity contribution in [3.8, 4) is 11.5 Å². The third-order valence-corrected chi connectivity index (χ3v) is 4.09. The molecule has 0 saturated heterocycles. The first kappa shape index (κ1) is 20.9. The molecule has 0 spiro atoms. The van der Waals surface area contributed by atoms with Crippen molar-refractivity contribution in [2.45, 2.75) is 13.5 Å². The summed E-state index contributed by atoms with van der Waals surface area (Å²) < 4.78 is 11.2. The highest BCUT2D eigenvalue weighted by atomic mass is 16.5. The Hall–Kier alpha value is -3.86. The van der Waals surface area contributed by atoms with Gasteiger partial charge in [0.25, 0.3) is 5.91 Å². The Balaban J connectivity index is 1.39.